The Morgan fingerprint density at radius 3 is 2.87 bits per heavy atom. The van der Waals surface area contributed by atoms with E-state index in [4.69, 9.17) is 4.74 Å². The maximum absolute atomic E-state index is 13.3. The molecule has 1 aliphatic rings. The smallest absolute Gasteiger partial charge is 0.145 e. The zero-order chi connectivity index (χ0) is 10.9. The predicted octanol–water partition coefficient (Wildman–Crippen LogP) is 3.09. The monoisotopic (exact) mass is 209 g/mol. The molecule has 1 aromatic rings. The Hall–Kier alpha value is -1.12. The third-order valence-electron chi connectivity index (χ3n) is 2.63. The second-order valence-electron chi connectivity index (χ2n) is 4.51. The van der Waals surface area contributed by atoms with Crippen molar-refractivity contribution in [2.75, 3.05) is 6.61 Å². The Morgan fingerprint density at radius 1 is 1.53 bits per heavy atom. The molecule has 0 aliphatic heterocycles. The lowest BCUT2D eigenvalue weighted by Gasteiger charge is -2.10. The largest absolute Gasteiger partial charge is 0.490 e. The average Bonchev–Trinajstić information content (AvgIpc) is 2.95. The van der Waals surface area contributed by atoms with Crippen molar-refractivity contribution in [3.63, 3.8) is 0 Å². The fourth-order valence-electron chi connectivity index (χ4n) is 1.33. The molecule has 0 aromatic carbocycles. The van der Waals surface area contributed by atoms with Crippen LogP contribution in [0.2, 0.25) is 0 Å². The molecule has 0 radical (unpaired) electrons. The number of nitrogens with zero attached hydrogens (tertiary/aromatic N) is 1. The summed E-state index contributed by atoms with van der Waals surface area (Å²) in [6.45, 7) is 4.32. The standard InChI is InChI=1S/C12H16FNO/c1-9(2)11-7-10(3-6-14-11)15-8-12(13)4-5-12/h3,6-7,9H,4-5,8H2,1-2H3. The highest BCUT2D eigenvalue weighted by atomic mass is 19.1. The molecule has 0 amide bonds. The third-order valence-corrected chi connectivity index (χ3v) is 2.63. The highest BCUT2D eigenvalue weighted by Crippen LogP contribution is 2.40. The van der Waals surface area contributed by atoms with Gasteiger partial charge in [-0.1, -0.05) is 13.8 Å². The van der Waals surface area contributed by atoms with E-state index in [9.17, 15) is 4.39 Å². The molecule has 1 aromatic heterocycles. The van der Waals surface area contributed by atoms with E-state index in [1.54, 1.807) is 12.3 Å². The summed E-state index contributed by atoms with van der Waals surface area (Å²) in [7, 11) is 0. The molecule has 0 spiro atoms. The van der Waals surface area contributed by atoms with Gasteiger partial charge < -0.3 is 4.74 Å². The van der Waals surface area contributed by atoms with Gasteiger partial charge in [0.1, 0.15) is 18.0 Å². The number of pyridine rings is 1. The van der Waals surface area contributed by atoms with E-state index < -0.39 is 5.67 Å². The number of ether oxygens (including phenoxy) is 1. The fourth-order valence-corrected chi connectivity index (χ4v) is 1.33. The summed E-state index contributed by atoms with van der Waals surface area (Å²) < 4.78 is 18.7. The van der Waals surface area contributed by atoms with Crippen LogP contribution in [0, 0.1) is 0 Å². The maximum atomic E-state index is 13.3. The number of halogens is 1. The van der Waals surface area contributed by atoms with Gasteiger partial charge in [0, 0.05) is 18.0 Å². The number of hydrogen-bond donors (Lipinski definition) is 0. The second kappa shape index (κ2) is 3.80. The molecule has 3 heteroatoms. The van der Waals surface area contributed by atoms with Crippen LogP contribution in [0.15, 0.2) is 18.3 Å². The van der Waals surface area contributed by atoms with E-state index in [-0.39, 0.29) is 6.61 Å². The fraction of sp³-hybridized carbons (Fsp3) is 0.583. The quantitative estimate of drug-likeness (QED) is 0.760. The minimum Gasteiger partial charge on any atom is -0.490 e. The molecule has 1 saturated carbocycles. The minimum absolute atomic E-state index is 0.175. The van der Waals surface area contributed by atoms with E-state index in [1.165, 1.54) is 0 Å². The van der Waals surface area contributed by atoms with Gasteiger partial charge in [-0.15, -0.1) is 0 Å². The van der Waals surface area contributed by atoms with Gasteiger partial charge >= 0.3 is 0 Å². The highest BCUT2D eigenvalue weighted by molar-refractivity contribution is 5.24. The summed E-state index contributed by atoms with van der Waals surface area (Å²) in [6, 6.07) is 3.66. The average molecular weight is 209 g/mol. The van der Waals surface area contributed by atoms with Crippen LogP contribution in [0.5, 0.6) is 5.75 Å². The summed E-state index contributed by atoms with van der Waals surface area (Å²) in [5.41, 5.74) is -0.0717. The molecule has 2 nitrogen and oxygen atoms in total. The lowest BCUT2D eigenvalue weighted by atomic mass is 10.1. The molecular weight excluding hydrogens is 193 g/mol. The summed E-state index contributed by atoms with van der Waals surface area (Å²) in [4.78, 5) is 4.23. The summed E-state index contributed by atoms with van der Waals surface area (Å²) in [6.07, 6.45) is 2.98. The Labute approximate surface area is 89.5 Å². The van der Waals surface area contributed by atoms with Crippen molar-refractivity contribution in [1.29, 1.82) is 0 Å². The molecule has 1 heterocycles. The van der Waals surface area contributed by atoms with Crippen LogP contribution in [0.4, 0.5) is 4.39 Å². The zero-order valence-electron chi connectivity index (χ0n) is 9.16. The normalized spacial score (nSPS) is 17.9. The zero-order valence-corrected chi connectivity index (χ0v) is 9.16. The first-order valence-corrected chi connectivity index (χ1v) is 5.37. The van der Waals surface area contributed by atoms with Crippen molar-refractivity contribution in [2.24, 2.45) is 0 Å². The van der Waals surface area contributed by atoms with Crippen molar-refractivity contribution in [1.82, 2.24) is 4.98 Å². The SMILES string of the molecule is CC(C)c1cc(OCC2(F)CC2)ccn1. The Balaban J connectivity index is 1.98. The van der Waals surface area contributed by atoms with E-state index in [1.807, 2.05) is 6.07 Å². The van der Waals surface area contributed by atoms with Crippen LogP contribution in [0.25, 0.3) is 0 Å². The number of alkyl halides is 1. The van der Waals surface area contributed by atoms with Crippen LogP contribution < -0.4 is 4.74 Å². The first kappa shape index (κ1) is 10.4. The molecule has 0 unspecified atom stereocenters. The van der Waals surface area contributed by atoms with Gasteiger partial charge in [-0.25, -0.2) is 4.39 Å². The first-order chi connectivity index (χ1) is 7.09. The Kier molecular flexibility index (Phi) is 2.63. The molecule has 0 atom stereocenters. The van der Waals surface area contributed by atoms with Crippen LogP contribution >= 0.6 is 0 Å². The van der Waals surface area contributed by atoms with E-state index in [0.29, 0.717) is 18.8 Å². The number of hydrogen-bond acceptors (Lipinski definition) is 2. The van der Waals surface area contributed by atoms with Crippen molar-refractivity contribution >= 4 is 0 Å². The molecule has 0 bridgehead atoms. The molecule has 1 fully saturated rings. The van der Waals surface area contributed by atoms with Crippen molar-refractivity contribution in [3.8, 4) is 5.75 Å². The Bertz CT molecular complexity index is 347. The summed E-state index contributed by atoms with van der Waals surface area (Å²) >= 11 is 0. The molecule has 1 aliphatic carbocycles. The van der Waals surface area contributed by atoms with E-state index >= 15 is 0 Å². The lowest BCUT2D eigenvalue weighted by molar-refractivity contribution is 0.177. The van der Waals surface area contributed by atoms with Crippen molar-refractivity contribution in [3.05, 3.63) is 24.0 Å². The van der Waals surface area contributed by atoms with Crippen LogP contribution in [-0.4, -0.2) is 17.3 Å². The molecule has 82 valence electrons. The van der Waals surface area contributed by atoms with Crippen LogP contribution in [0.1, 0.15) is 38.3 Å². The molecule has 15 heavy (non-hydrogen) atoms. The highest BCUT2D eigenvalue weighted by Gasteiger charge is 2.44. The van der Waals surface area contributed by atoms with Crippen LogP contribution in [0.3, 0.4) is 0 Å². The summed E-state index contributed by atoms with van der Waals surface area (Å²) in [5.74, 6) is 1.09. The molecule has 0 N–H and O–H groups in total. The second-order valence-corrected chi connectivity index (χ2v) is 4.51. The molecule has 0 saturated heterocycles. The van der Waals surface area contributed by atoms with Crippen molar-refractivity contribution in [2.45, 2.75) is 38.3 Å². The van der Waals surface area contributed by atoms with Gasteiger partial charge in [0.25, 0.3) is 0 Å². The third kappa shape index (κ3) is 2.67. The lowest BCUT2D eigenvalue weighted by Crippen LogP contribution is -2.13. The van der Waals surface area contributed by atoms with Gasteiger partial charge in [-0.05, 0) is 24.8 Å². The number of rotatable bonds is 4. The predicted molar refractivity (Wildman–Crippen MR) is 56.9 cm³/mol. The van der Waals surface area contributed by atoms with Gasteiger partial charge in [0.05, 0.1) is 0 Å². The van der Waals surface area contributed by atoms with Gasteiger partial charge in [-0.3, -0.25) is 4.98 Å². The van der Waals surface area contributed by atoms with E-state index in [0.717, 1.165) is 11.4 Å². The Morgan fingerprint density at radius 2 is 2.27 bits per heavy atom. The topological polar surface area (TPSA) is 22.1 Å². The molecular formula is C12H16FNO. The number of aromatic nitrogens is 1. The first-order valence-electron chi connectivity index (χ1n) is 5.37. The van der Waals surface area contributed by atoms with Gasteiger partial charge in [0.2, 0.25) is 0 Å². The molecule has 2 rings (SSSR count). The maximum Gasteiger partial charge on any atom is 0.145 e. The van der Waals surface area contributed by atoms with Gasteiger partial charge in [0.15, 0.2) is 0 Å². The van der Waals surface area contributed by atoms with Crippen molar-refractivity contribution < 1.29 is 9.13 Å². The van der Waals surface area contributed by atoms with Crippen LogP contribution in [-0.2, 0) is 0 Å². The summed E-state index contributed by atoms with van der Waals surface area (Å²) in [5, 5.41) is 0. The van der Waals surface area contributed by atoms with Gasteiger partial charge in [-0.2, -0.15) is 0 Å². The van der Waals surface area contributed by atoms with E-state index in [2.05, 4.69) is 18.8 Å². The minimum atomic E-state index is -1.05.